The first-order valence-electron chi connectivity index (χ1n) is 8.35. The van der Waals surface area contributed by atoms with Crippen LogP contribution in [0.5, 0.6) is 0 Å². The molecule has 2 N–H and O–H groups in total. The molecule has 3 rings (SSSR count). The van der Waals surface area contributed by atoms with Crippen LogP contribution in [0, 0.1) is 4.77 Å². The van der Waals surface area contributed by atoms with Crippen molar-refractivity contribution in [3.63, 3.8) is 0 Å². The smallest absolute Gasteiger partial charge is 0.258 e. The summed E-state index contributed by atoms with van der Waals surface area (Å²) in [6, 6.07) is 7.10. The quantitative estimate of drug-likeness (QED) is 0.643. The molecule has 3 aromatic rings. The lowest BCUT2D eigenvalue weighted by molar-refractivity contribution is -0.131. The summed E-state index contributed by atoms with van der Waals surface area (Å²) in [4.78, 5) is 33.4. The fourth-order valence-corrected chi connectivity index (χ4v) is 2.92. The van der Waals surface area contributed by atoms with E-state index in [0.29, 0.717) is 21.5 Å². The van der Waals surface area contributed by atoms with Crippen LogP contribution in [-0.4, -0.2) is 42.6 Å². The van der Waals surface area contributed by atoms with Gasteiger partial charge in [0.05, 0.1) is 17.4 Å². The highest BCUT2D eigenvalue weighted by Crippen LogP contribution is 2.08. The summed E-state index contributed by atoms with van der Waals surface area (Å²) in [5, 5.41) is 7.42. The topological polar surface area (TPSA) is 99.7 Å². The first-order valence-corrected chi connectivity index (χ1v) is 8.76. The molecule has 0 saturated heterocycles. The van der Waals surface area contributed by atoms with Crippen LogP contribution in [-0.2, 0) is 24.3 Å². The number of aromatic amines is 2. The summed E-state index contributed by atoms with van der Waals surface area (Å²) in [5.41, 5.74) is 0.392. The summed E-state index contributed by atoms with van der Waals surface area (Å²) >= 11 is 5.21. The van der Waals surface area contributed by atoms with Gasteiger partial charge in [0.25, 0.3) is 5.56 Å². The molecule has 1 aromatic carbocycles. The zero-order valence-electron chi connectivity index (χ0n) is 14.7. The second-order valence-electron chi connectivity index (χ2n) is 6.06. The second kappa shape index (κ2) is 7.61. The fourth-order valence-electron chi connectivity index (χ4n) is 2.71. The third kappa shape index (κ3) is 3.72. The summed E-state index contributed by atoms with van der Waals surface area (Å²) in [5.74, 6) is 1.06. The molecule has 0 radical (unpaired) electrons. The van der Waals surface area contributed by atoms with Gasteiger partial charge in [0.2, 0.25) is 5.91 Å². The Hall–Kier alpha value is -2.81. The van der Waals surface area contributed by atoms with Crippen molar-refractivity contribution in [1.29, 1.82) is 0 Å². The van der Waals surface area contributed by atoms with Crippen molar-refractivity contribution in [3.05, 3.63) is 51.0 Å². The number of aromatic nitrogens is 5. The normalized spacial score (nSPS) is 11.0. The molecule has 0 spiro atoms. The van der Waals surface area contributed by atoms with Crippen molar-refractivity contribution >= 4 is 29.0 Å². The molecule has 0 aliphatic heterocycles. The Labute approximate surface area is 154 Å². The van der Waals surface area contributed by atoms with Gasteiger partial charge in [-0.1, -0.05) is 19.1 Å². The standard InChI is InChI=1S/C17H20N6O2S/c1-3-6-14-20-21-17(26)23(14)10-15(24)22(2)9-13-18-12-8-5-4-7-11(12)16(25)19-13/h4-5,7-8H,3,6,9-10H2,1-2H3,(H,21,26)(H,18,19,25). The number of carbonyl (C=O) groups excluding carboxylic acids is 1. The molecule has 26 heavy (non-hydrogen) atoms. The molecular weight excluding hydrogens is 352 g/mol. The maximum Gasteiger partial charge on any atom is 0.258 e. The molecule has 2 aromatic heterocycles. The number of aryl methyl sites for hydroxylation is 1. The summed E-state index contributed by atoms with van der Waals surface area (Å²) in [6.07, 6.45) is 1.65. The molecule has 2 heterocycles. The van der Waals surface area contributed by atoms with E-state index in [1.54, 1.807) is 29.8 Å². The SMILES string of the molecule is CCCc1n[nH]c(=S)n1CC(=O)N(C)Cc1nc2ccccc2c(=O)[nH]1. The van der Waals surface area contributed by atoms with E-state index in [0.717, 1.165) is 18.7 Å². The minimum absolute atomic E-state index is 0.0962. The van der Waals surface area contributed by atoms with Crippen LogP contribution in [0.2, 0.25) is 0 Å². The van der Waals surface area contributed by atoms with E-state index in [1.165, 1.54) is 4.90 Å². The zero-order valence-corrected chi connectivity index (χ0v) is 15.5. The van der Waals surface area contributed by atoms with E-state index in [-0.39, 0.29) is 24.6 Å². The molecule has 1 amide bonds. The lowest BCUT2D eigenvalue weighted by Crippen LogP contribution is -2.31. The summed E-state index contributed by atoms with van der Waals surface area (Å²) in [6.45, 7) is 2.34. The minimum Gasteiger partial charge on any atom is -0.337 e. The van der Waals surface area contributed by atoms with Crippen molar-refractivity contribution in [2.45, 2.75) is 32.9 Å². The third-order valence-electron chi connectivity index (χ3n) is 4.08. The van der Waals surface area contributed by atoms with E-state index in [4.69, 9.17) is 12.2 Å². The van der Waals surface area contributed by atoms with Crippen LogP contribution in [0.3, 0.4) is 0 Å². The van der Waals surface area contributed by atoms with Gasteiger partial charge in [-0.25, -0.2) is 4.98 Å². The van der Waals surface area contributed by atoms with Gasteiger partial charge in [0, 0.05) is 13.5 Å². The van der Waals surface area contributed by atoms with Crippen molar-refractivity contribution in [3.8, 4) is 0 Å². The zero-order chi connectivity index (χ0) is 18.7. The van der Waals surface area contributed by atoms with Crippen molar-refractivity contribution < 1.29 is 4.79 Å². The van der Waals surface area contributed by atoms with Crippen LogP contribution in [0.1, 0.15) is 25.0 Å². The number of hydrogen-bond acceptors (Lipinski definition) is 5. The van der Waals surface area contributed by atoms with Gasteiger partial charge in [-0.05, 0) is 30.8 Å². The molecular formula is C17H20N6O2S. The molecule has 0 aliphatic carbocycles. The number of likely N-dealkylation sites (N-methyl/N-ethyl adjacent to an activating group) is 1. The average Bonchev–Trinajstić information content (AvgIpc) is 2.95. The number of carbonyl (C=O) groups is 1. The van der Waals surface area contributed by atoms with Crippen molar-refractivity contribution in [2.24, 2.45) is 0 Å². The number of fused-ring (bicyclic) bond motifs is 1. The number of para-hydroxylation sites is 1. The van der Waals surface area contributed by atoms with Crippen molar-refractivity contribution in [2.75, 3.05) is 7.05 Å². The van der Waals surface area contributed by atoms with E-state index >= 15 is 0 Å². The largest absolute Gasteiger partial charge is 0.337 e. The Morgan fingerprint density at radius 3 is 2.88 bits per heavy atom. The van der Waals surface area contributed by atoms with Gasteiger partial charge in [-0.15, -0.1) is 0 Å². The molecule has 8 nitrogen and oxygen atoms in total. The molecule has 0 fully saturated rings. The highest BCUT2D eigenvalue weighted by molar-refractivity contribution is 7.71. The molecule has 136 valence electrons. The van der Waals surface area contributed by atoms with E-state index in [2.05, 4.69) is 20.2 Å². The lowest BCUT2D eigenvalue weighted by atomic mass is 10.2. The molecule has 0 unspecified atom stereocenters. The second-order valence-corrected chi connectivity index (χ2v) is 6.45. The number of nitrogens with zero attached hydrogens (tertiary/aromatic N) is 4. The van der Waals surface area contributed by atoms with Crippen LogP contribution in [0.4, 0.5) is 0 Å². The van der Waals surface area contributed by atoms with E-state index < -0.39 is 0 Å². The molecule has 0 saturated carbocycles. The monoisotopic (exact) mass is 372 g/mol. The summed E-state index contributed by atoms with van der Waals surface area (Å²) < 4.78 is 2.13. The Morgan fingerprint density at radius 2 is 2.12 bits per heavy atom. The van der Waals surface area contributed by atoms with Crippen LogP contribution < -0.4 is 5.56 Å². The Morgan fingerprint density at radius 1 is 1.35 bits per heavy atom. The van der Waals surface area contributed by atoms with Gasteiger partial charge < -0.3 is 9.88 Å². The molecule has 0 bridgehead atoms. The number of nitrogens with one attached hydrogen (secondary N) is 2. The van der Waals surface area contributed by atoms with Gasteiger partial charge in [-0.3, -0.25) is 19.3 Å². The van der Waals surface area contributed by atoms with Crippen LogP contribution >= 0.6 is 12.2 Å². The fraction of sp³-hybridized carbons (Fsp3) is 0.353. The highest BCUT2D eigenvalue weighted by Gasteiger charge is 2.15. The Kier molecular flexibility index (Phi) is 5.27. The van der Waals surface area contributed by atoms with Gasteiger partial charge in [-0.2, -0.15) is 5.10 Å². The first-order chi connectivity index (χ1) is 12.5. The minimum atomic E-state index is -0.214. The molecule has 9 heteroatoms. The van der Waals surface area contributed by atoms with Gasteiger partial charge >= 0.3 is 0 Å². The number of benzene rings is 1. The third-order valence-corrected chi connectivity index (χ3v) is 4.39. The number of rotatable bonds is 6. The van der Waals surface area contributed by atoms with E-state index in [1.807, 2.05) is 13.0 Å². The molecule has 0 aliphatic rings. The number of hydrogen-bond donors (Lipinski definition) is 2. The van der Waals surface area contributed by atoms with Crippen molar-refractivity contribution in [1.82, 2.24) is 29.6 Å². The van der Waals surface area contributed by atoms with Gasteiger partial charge in [0.15, 0.2) is 4.77 Å². The maximum absolute atomic E-state index is 12.6. The first kappa shape index (κ1) is 18.0. The van der Waals surface area contributed by atoms with E-state index in [9.17, 15) is 9.59 Å². The molecule has 0 atom stereocenters. The Balaban J connectivity index is 1.77. The number of amides is 1. The maximum atomic E-state index is 12.6. The number of H-pyrrole nitrogens is 2. The average molecular weight is 372 g/mol. The highest BCUT2D eigenvalue weighted by atomic mass is 32.1. The summed E-state index contributed by atoms with van der Waals surface area (Å²) in [7, 11) is 1.67. The Bertz CT molecular complexity index is 1050. The van der Waals surface area contributed by atoms with Crippen LogP contribution in [0.15, 0.2) is 29.1 Å². The van der Waals surface area contributed by atoms with Gasteiger partial charge in [0.1, 0.15) is 18.2 Å². The predicted molar refractivity (Wildman–Crippen MR) is 100 cm³/mol. The van der Waals surface area contributed by atoms with Crippen LogP contribution in [0.25, 0.3) is 10.9 Å². The lowest BCUT2D eigenvalue weighted by Gasteiger charge is -2.17. The predicted octanol–water partition coefficient (Wildman–Crippen LogP) is 1.79.